The highest BCUT2D eigenvalue weighted by atomic mass is 35.5. The van der Waals surface area contributed by atoms with Crippen molar-refractivity contribution in [3.63, 3.8) is 0 Å². The molecule has 2 aromatic carbocycles. The molecule has 0 aliphatic rings. The SMILES string of the molecule is COc1cc(C)ccc1C(O)c1ccccc1Cl. The molecule has 0 amide bonds. The second-order valence-electron chi connectivity index (χ2n) is 4.17. The highest BCUT2D eigenvalue weighted by Crippen LogP contribution is 2.33. The first-order valence-electron chi connectivity index (χ1n) is 5.70. The summed E-state index contributed by atoms with van der Waals surface area (Å²) in [6, 6.07) is 13.0. The molecule has 2 nitrogen and oxygen atoms in total. The summed E-state index contributed by atoms with van der Waals surface area (Å²) in [5, 5.41) is 11.0. The fourth-order valence-corrected chi connectivity index (χ4v) is 2.15. The first-order valence-corrected chi connectivity index (χ1v) is 6.08. The van der Waals surface area contributed by atoms with Gasteiger partial charge in [0.25, 0.3) is 0 Å². The maximum absolute atomic E-state index is 10.4. The Kier molecular flexibility index (Phi) is 3.90. The molecule has 0 radical (unpaired) electrons. The van der Waals surface area contributed by atoms with Crippen LogP contribution < -0.4 is 4.74 Å². The monoisotopic (exact) mass is 262 g/mol. The van der Waals surface area contributed by atoms with Crippen LogP contribution in [-0.4, -0.2) is 12.2 Å². The van der Waals surface area contributed by atoms with Gasteiger partial charge < -0.3 is 9.84 Å². The zero-order valence-corrected chi connectivity index (χ0v) is 11.1. The van der Waals surface area contributed by atoms with Gasteiger partial charge in [0, 0.05) is 16.1 Å². The summed E-state index contributed by atoms with van der Waals surface area (Å²) in [5.74, 6) is 0.669. The lowest BCUT2D eigenvalue weighted by Crippen LogP contribution is -2.03. The van der Waals surface area contributed by atoms with E-state index in [2.05, 4.69) is 0 Å². The van der Waals surface area contributed by atoms with Crippen LogP contribution in [0.3, 0.4) is 0 Å². The van der Waals surface area contributed by atoms with E-state index in [9.17, 15) is 5.11 Å². The lowest BCUT2D eigenvalue weighted by molar-refractivity contribution is 0.215. The maximum Gasteiger partial charge on any atom is 0.125 e. The van der Waals surface area contributed by atoms with Crippen LogP contribution in [0.1, 0.15) is 22.8 Å². The van der Waals surface area contributed by atoms with E-state index in [1.54, 1.807) is 13.2 Å². The Balaban J connectivity index is 2.46. The summed E-state index contributed by atoms with van der Waals surface area (Å²) in [6.45, 7) is 1.98. The van der Waals surface area contributed by atoms with E-state index in [4.69, 9.17) is 16.3 Å². The van der Waals surface area contributed by atoms with Crippen LogP contribution in [0.15, 0.2) is 42.5 Å². The minimum Gasteiger partial charge on any atom is -0.496 e. The number of ether oxygens (including phenoxy) is 1. The molecule has 0 saturated carbocycles. The van der Waals surface area contributed by atoms with Gasteiger partial charge in [-0.1, -0.05) is 41.9 Å². The van der Waals surface area contributed by atoms with Gasteiger partial charge in [-0.25, -0.2) is 0 Å². The van der Waals surface area contributed by atoms with Crippen LogP contribution in [0.5, 0.6) is 5.75 Å². The first kappa shape index (κ1) is 12.9. The van der Waals surface area contributed by atoms with Gasteiger partial charge in [0.1, 0.15) is 11.9 Å². The Morgan fingerprint density at radius 3 is 2.50 bits per heavy atom. The molecule has 0 aliphatic heterocycles. The molecular formula is C15H15ClO2. The number of rotatable bonds is 3. The van der Waals surface area contributed by atoms with Crippen molar-refractivity contribution in [2.45, 2.75) is 13.0 Å². The summed E-state index contributed by atoms with van der Waals surface area (Å²) >= 11 is 6.09. The normalized spacial score (nSPS) is 12.2. The third kappa shape index (κ3) is 2.50. The predicted molar refractivity (Wildman–Crippen MR) is 73.2 cm³/mol. The minimum atomic E-state index is -0.783. The van der Waals surface area contributed by atoms with Crippen molar-refractivity contribution in [3.8, 4) is 5.75 Å². The van der Waals surface area contributed by atoms with E-state index < -0.39 is 6.10 Å². The standard InChI is InChI=1S/C15H15ClO2/c1-10-7-8-12(14(9-10)18-2)15(17)11-5-3-4-6-13(11)16/h3-9,15,17H,1-2H3. The van der Waals surface area contributed by atoms with Crippen LogP contribution in [0.2, 0.25) is 5.02 Å². The van der Waals surface area contributed by atoms with E-state index in [0.717, 1.165) is 11.1 Å². The molecule has 0 spiro atoms. The van der Waals surface area contributed by atoms with Gasteiger partial charge in [0.2, 0.25) is 0 Å². The topological polar surface area (TPSA) is 29.5 Å². The molecule has 1 atom stereocenters. The number of aryl methyl sites for hydroxylation is 1. The van der Waals surface area contributed by atoms with Gasteiger partial charge in [-0.3, -0.25) is 0 Å². The zero-order valence-electron chi connectivity index (χ0n) is 10.4. The van der Waals surface area contributed by atoms with Crippen LogP contribution in [-0.2, 0) is 0 Å². The summed E-state index contributed by atoms with van der Waals surface area (Å²) in [4.78, 5) is 0. The number of methoxy groups -OCH3 is 1. The molecule has 3 heteroatoms. The lowest BCUT2D eigenvalue weighted by Gasteiger charge is -2.16. The first-order chi connectivity index (χ1) is 8.63. The van der Waals surface area contributed by atoms with Gasteiger partial charge in [-0.05, 0) is 24.6 Å². The number of halogens is 1. The van der Waals surface area contributed by atoms with Gasteiger partial charge >= 0.3 is 0 Å². The van der Waals surface area contributed by atoms with Crippen molar-refractivity contribution < 1.29 is 9.84 Å². The molecule has 1 unspecified atom stereocenters. The maximum atomic E-state index is 10.4. The second-order valence-corrected chi connectivity index (χ2v) is 4.58. The van der Waals surface area contributed by atoms with Gasteiger partial charge in [0.05, 0.1) is 7.11 Å². The van der Waals surface area contributed by atoms with Crippen LogP contribution in [0.25, 0.3) is 0 Å². The molecule has 94 valence electrons. The molecular weight excluding hydrogens is 248 g/mol. The highest BCUT2D eigenvalue weighted by Gasteiger charge is 2.17. The number of hydrogen-bond acceptors (Lipinski definition) is 2. The quantitative estimate of drug-likeness (QED) is 0.913. The fraction of sp³-hybridized carbons (Fsp3) is 0.200. The molecule has 0 fully saturated rings. The molecule has 1 N–H and O–H groups in total. The lowest BCUT2D eigenvalue weighted by atomic mass is 9.99. The Morgan fingerprint density at radius 2 is 1.83 bits per heavy atom. The van der Waals surface area contributed by atoms with Gasteiger partial charge in [-0.2, -0.15) is 0 Å². The van der Waals surface area contributed by atoms with Crippen molar-refractivity contribution in [2.24, 2.45) is 0 Å². The zero-order chi connectivity index (χ0) is 13.1. The van der Waals surface area contributed by atoms with E-state index in [1.165, 1.54) is 0 Å². The minimum absolute atomic E-state index is 0.549. The van der Waals surface area contributed by atoms with Crippen molar-refractivity contribution in [1.29, 1.82) is 0 Å². The van der Waals surface area contributed by atoms with Crippen molar-refractivity contribution in [1.82, 2.24) is 0 Å². The highest BCUT2D eigenvalue weighted by molar-refractivity contribution is 6.31. The number of aliphatic hydroxyl groups excluding tert-OH is 1. The smallest absolute Gasteiger partial charge is 0.125 e. The van der Waals surface area contributed by atoms with E-state index in [-0.39, 0.29) is 0 Å². The van der Waals surface area contributed by atoms with Crippen LogP contribution in [0.4, 0.5) is 0 Å². The Hall–Kier alpha value is -1.51. The molecule has 0 aromatic heterocycles. The molecule has 18 heavy (non-hydrogen) atoms. The molecule has 2 rings (SSSR count). The van der Waals surface area contributed by atoms with Crippen molar-refractivity contribution in [2.75, 3.05) is 7.11 Å². The average Bonchev–Trinajstić information content (AvgIpc) is 2.38. The fourth-order valence-electron chi connectivity index (χ4n) is 1.91. The Bertz CT molecular complexity index is 552. The van der Waals surface area contributed by atoms with Crippen LogP contribution >= 0.6 is 11.6 Å². The molecule has 0 aliphatic carbocycles. The molecule has 0 heterocycles. The van der Waals surface area contributed by atoms with E-state index in [1.807, 2.05) is 43.3 Å². The largest absolute Gasteiger partial charge is 0.496 e. The third-order valence-electron chi connectivity index (χ3n) is 2.88. The van der Waals surface area contributed by atoms with Crippen LogP contribution in [0, 0.1) is 6.92 Å². The van der Waals surface area contributed by atoms with Crippen molar-refractivity contribution in [3.05, 3.63) is 64.2 Å². The number of aliphatic hydroxyl groups is 1. The van der Waals surface area contributed by atoms with Crippen molar-refractivity contribution >= 4 is 11.6 Å². The van der Waals surface area contributed by atoms with Gasteiger partial charge in [0.15, 0.2) is 0 Å². The molecule has 2 aromatic rings. The summed E-state index contributed by atoms with van der Waals surface area (Å²) in [5.41, 5.74) is 2.49. The summed E-state index contributed by atoms with van der Waals surface area (Å²) < 4.78 is 5.31. The number of hydrogen-bond donors (Lipinski definition) is 1. The molecule has 0 saturated heterocycles. The van der Waals surface area contributed by atoms with E-state index >= 15 is 0 Å². The Morgan fingerprint density at radius 1 is 1.11 bits per heavy atom. The Labute approximate surface area is 112 Å². The average molecular weight is 263 g/mol. The van der Waals surface area contributed by atoms with E-state index in [0.29, 0.717) is 16.3 Å². The predicted octanol–water partition coefficient (Wildman–Crippen LogP) is 3.74. The molecule has 0 bridgehead atoms. The number of benzene rings is 2. The summed E-state index contributed by atoms with van der Waals surface area (Å²) in [6.07, 6.45) is -0.783. The van der Waals surface area contributed by atoms with Gasteiger partial charge in [-0.15, -0.1) is 0 Å². The third-order valence-corrected chi connectivity index (χ3v) is 3.23. The summed E-state index contributed by atoms with van der Waals surface area (Å²) in [7, 11) is 1.59. The second kappa shape index (κ2) is 5.42.